The van der Waals surface area contributed by atoms with Gasteiger partial charge in [0.25, 0.3) is 0 Å². The number of benzene rings is 2. The van der Waals surface area contributed by atoms with Gasteiger partial charge in [0.15, 0.2) is 0 Å². The van der Waals surface area contributed by atoms with Gasteiger partial charge in [0, 0.05) is 18.4 Å². The Morgan fingerprint density at radius 3 is 2.39 bits per heavy atom. The second-order valence-corrected chi connectivity index (χ2v) is 6.22. The Balaban J connectivity index is 2.24. The summed E-state index contributed by atoms with van der Waals surface area (Å²) in [7, 11) is 0. The van der Waals surface area contributed by atoms with Crippen LogP contribution in [0.15, 0.2) is 52.3 Å². The molecular formula is C13H8ClIO2S. The maximum Gasteiger partial charge on any atom is 0.335 e. The van der Waals surface area contributed by atoms with E-state index >= 15 is 0 Å². The zero-order valence-electron chi connectivity index (χ0n) is 9.06. The monoisotopic (exact) mass is 390 g/mol. The summed E-state index contributed by atoms with van der Waals surface area (Å²) in [5.74, 6) is -0.907. The maximum absolute atomic E-state index is 10.8. The minimum atomic E-state index is -0.907. The first-order chi connectivity index (χ1) is 8.56. The number of hydrogen-bond donors (Lipinski definition) is 1. The van der Waals surface area contributed by atoms with Crippen LogP contribution in [-0.4, -0.2) is 11.1 Å². The lowest BCUT2D eigenvalue weighted by molar-refractivity contribution is 0.0696. The predicted molar refractivity (Wildman–Crippen MR) is 81.7 cm³/mol. The molecule has 0 bridgehead atoms. The highest BCUT2D eigenvalue weighted by Gasteiger charge is 2.07. The third-order valence-electron chi connectivity index (χ3n) is 2.22. The summed E-state index contributed by atoms with van der Waals surface area (Å²) in [5, 5.41) is 9.60. The summed E-state index contributed by atoms with van der Waals surface area (Å²) in [6, 6.07) is 12.7. The van der Waals surface area contributed by atoms with Gasteiger partial charge in [-0.1, -0.05) is 23.4 Å². The van der Waals surface area contributed by atoms with E-state index in [0.29, 0.717) is 10.6 Å². The van der Waals surface area contributed by atoms with E-state index in [1.165, 1.54) is 0 Å². The van der Waals surface area contributed by atoms with E-state index in [1.54, 1.807) is 23.9 Å². The smallest absolute Gasteiger partial charge is 0.335 e. The van der Waals surface area contributed by atoms with E-state index < -0.39 is 5.97 Å². The number of hydrogen-bond acceptors (Lipinski definition) is 2. The molecule has 0 aromatic heterocycles. The van der Waals surface area contributed by atoms with E-state index in [0.717, 1.165) is 13.4 Å². The summed E-state index contributed by atoms with van der Waals surface area (Å²) in [4.78, 5) is 12.9. The molecule has 0 saturated heterocycles. The quantitative estimate of drug-likeness (QED) is 0.765. The Morgan fingerprint density at radius 1 is 1.17 bits per heavy atom. The van der Waals surface area contributed by atoms with E-state index in [1.807, 2.05) is 30.3 Å². The molecule has 2 nitrogen and oxygen atoms in total. The van der Waals surface area contributed by atoms with Crippen LogP contribution in [0.25, 0.3) is 0 Å². The fraction of sp³-hybridized carbons (Fsp3) is 0. The molecule has 0 heterocycles. The molecule has 0 atom stereocenters. The molecule has 2 rings (SSSR count). The number of aromatic carboxylic acids is 1. The average molecular weight is 391 g/mol. The largest absolute Gasteiger partial charge is 0.478 e. The molecule has 0 fully saturated rings. The van der Waals surface area contributed by atoms with Gasteiger partial charge in [-0.05, 0) is 65.1 Å². The number of carboxylic acid groups (broad SMARTS) is 1. The first-order valence-electron chi connectivity index (χ1n) is 5.02. The van der Waals surface area contributed by atoms with E-state index in [9.17, 15) is 4.79 Å². The van der Waals surface area contributed by atoms with Crippen LogP contribution in [0.2, 0.25) is 5.02 Å². The molecule has 0 aliphatic carbocycles. The van der Waals surface area contributed by atoms with Gasteiger partial charge in [0.2, 0.25) is 0 Å². The molecule has 2 aromatic carbocycles. The first kappa shape index (κ1) is 13.7. The van der Waals surface area contributed by atoms with Crippen molar-refractivity contribution in [2.45, 2.75) is 9.79 Å². The molecule has 0 spiro atoms. The highest BCUT2D eigenvalue weighted by Crippen LogP contribution is 2.32. The van der Waals surface area contributed by atoms with Crippen molar-refractivity contribution in [2.24, 2.45) is 0 Å². The Kier molecular flexibility index (Phi) is 4.53. The van der Waals surface area contributed by atoms with Gasteiger partial charge in [-0.25, -0.2) is 4.79 Å². The highest BCUT2D eigenvalue weighted by molar-refractivity contribution is 14.1. The minimum Gasteiger partial charge on any atom is -0.478 e. The number of carboxylic acids is 1. The average Bonchev–Trinajstić information content (AvgIpc) is 2.34. The molecule has 0 unspecified atom stereocenters. The standard InChI is InChI=1S/C13H8ClIO2S/c14-9-2-4-10(5-3-9)18-12-6-1-8(13(16)17)7-11(12)15/h1-7H,(H,16,17). The third kappa shape index (κ3) is 3.40. The molecule has 2 aromatic rings. The molecular weight excluding hydrogens is 383 g/mol. The van der Waals surface area contributed by atoms with E-state index in [2.05, 4.69) is 22.6 Å². The number of rotatable bonds is 3. The van der Waals surface area contributed by atoms with Crippen LogP contribution in [0, 0.1) is 3.57 Å². The lowest BCUT2D eigenvalue weighted by atomic mass is 10.2. The van der Waals surface area contributed by atoms with Crippen molar-refractivity contribution >= 4 is 51.9 Å². The molecule has 0 amide bonds. The van der Waals surface area contributed by atoms with Crippen molar-refractivity contribution < 1.29 is 9.90 Å². The molecule has 18 heavy (non-hydrogen) atoms. The fourth-order valence-electron chi connectivity index (χ4n) is 1.35. The van der Waals surface area contributed by atoms with E-state index in [4.69, 9.17) is 16.7 Å². The Hall–Kier alpha value is -0.720. The Labute approximate surface area is 127 Å². The van der Waals surface area contributed by atoms with Gasteiger partial charge in [0.05, 0.1) is 5.56 Å². The van der Waals surface area contributed by atoms with Gasteiger partial charge in [-0.3, -0.25) is 0 Å². The molecule has 0 aliphatic rings. The van der Waals surface area contributed by atoms with Gasteiger partial charge < -0.3 is 5.11 Å². The molecule has 5 heteroatoms. The summed E-state index contributed by atoms with van der Waals surface area (Å²) in [6.07, 6.45) is 0. The van der Waals surface area contributed by atoms with Crippen molar-refractivity contribution in [2.75, 3.05) is 0 Å². The lowest BCUT2D eigenvalue weighted by Gasteiger charge is -2.05. The topological polar surface area (TPSA) is 37.3 Å². The van der Waals surface area contributed by atoms with Crippen molar-refractivity contribution in [3.63, 3.8) is 0 Å². The van der Waals surface area contributed by atoms with Gasteiger partial charge in [-0.15, -0.1) is 0 Å². The van der Waals surface area contributed by atoms with Crippen LogP contribution >= 0.6 is 46.0 Å². The molecule has 0 radical (unpaired) electrons. The maximum atomic E-state index is 10.8. The number of halogens is 2. The predicted octanol–water partition coefficient (Wildman–Crippen LogP) is 4.79. The Morgan fingerprint density at radius 2 is 1.83 bits per heavy atom. The first-order valence-corrected chi connectivity index (χ1v) is 7.30. The summed E-state index contributed by atoms with van der Waals surface area (Å²) in [6.45, 7) is 0. The zero-order chi connectivity index (χ0) is 13.1. The van der Waals surface area contributed by atoms with Crippen LogP contribution in [0.1, 0.15) is 10.4 Å². The molecule has 0 saturated carbocycles. The van der Waals surface area contributed by atoms with Gasteiger partial charge >= 0.3 is 5.97 Å². The zero-order valence-corrected chi connectivity index (χ0v) is 12.8. The van der Waals surface area contributed by atoms with Crippen molar-refractivity contribution in [3.8, 4) is 0 Å². The van der Waals surface area contributed by atoms with Crippen molar-refractivity contribution in [1.82, 2.24) is 0 Å². The summed E-state index contributed by atoms with van der Waals surface area (Å²) < 4.78 is 0.924. The minimum absolute atomic E-state index is 0.305. The molecule has 0 aliphatic heterocycles. The van der Waals surface area contributed by atoms with Crippen LogP contribution in [0.3, 0.4) is 0 Å². The lowest BCUT2D eigenvalue weighted by Crippen LogP contribution is -1.96. The van der Waals surface area contributed by atoms with E-state index in [-0.39, 0.29) is 0 Å². The Bertz CT molecular complexity index is 584. The normalized spacial score (nSPS) is 10.3. The third-order valence-corrected chi connectivity index (χ3v) is 4.81. The number of carbonyl (C=O) groups is 1. The van der Waals surface area contributed by atoms with Gasteiger partial charge in [-0.2, -0.15) is 0 Å². The van der Waals surface area contributed by atoms with Crippen LogP contribution in [-0.2, 0) is 0 Å². The highest BCUT2D eigenvalue weighted by atomic mass is 127. The summed E-state index contributed by atoms with van der Waals surface area (Å²) >= 11 is 9.55. The van der Waals surface area contributed by atoms with Crippen LogP contribution in [0.4, 0.5) is 0 Å². The second kappa shape index (κ2) is 5.95. The van der Waals surface area contributed by atoms with Crippen molar-refractivity contribution in [3.05, 3.63) is 56.6 Å². The van der Waals surface area contributed by atoms with Gasteiger partial charge in [0.1, 0.15) is 0 Å². The molecule has 92 valence electrons. The molecule has 1 N–H and O–H groups in total. The van der Waals surface area contributed by atoms with Crippen LogP contribution in [0.5, 0.6) is 0 Å². The summed E-state index contributed by atoms with van der Waals surface area (Å²) in [5.41, 5.74) is 0.305. The SMILES string of the molecule is O=C(O)c1ccc(Sc2ccc(Cl)cc2)c(I)c1. The fourth-order valence-corrected chi connectivity index (χ4v) is 3.14. The second-order valence-electron chi connectivity index (χ2n) is 3.51. The van der Waals surface area contributed by atoms with Crippen LogP contribution < -0.4 is 0 Å². The van der Waals surface area contributed by atoms with Crippen molar-refractivity contribution in [1.29, 1.82) is 0 Å².